The number of phenols is 1. The molecule has 1 rings (SSSR count). The van der Waals surface area contributed by atoms with E-state index in [0.717, 1.165) is 25.8 Å². The fourth-order valence-corrected chi connectivity index (χ4v) is 2.91. The van der Waals surface area contributed by atoms with Crippen molar-refractivity contribution in [1.29, 1.82) is 0 Å². The van der Waals surface area contributed by atoms with Gasteiger partial charge >= 0.3 is 9.15 Å². The molecule has 0 atom stereocenters. The van der Waals surface area contributed by atoms with Crippen molar-refractivity contribution in [1.82, 2.24) is 5.32 Å². The maximum Gasteiger partial charge on any atom is 0.319 e. The Morgan fingerprint density at radius 3 is 2.42 bits per heavy atom. The van der Waals surface area contributed by atoms with Gasteiger partial charge in [0.2, 0.25) is 0 Å². The van der Waals surface area contributed by atoms with E-state index in [2.05, 4.69) is 5.32 Å². The predicted molar refractivity (Wildman–Crippen MR) is 77.9 cm³/mol. The lowest BCUT2D eigenvalue weighted by Crippen LogP contribution is -2.19. The molecule has 0 aliphatic carbocycles. The van der Waals surface area contributed by atoms with E-state index in [0.29, 0.717) is 23.1 Å². The Kier molecular flexibility index (Phi) is 7.22. The van der Waals surface area contributed by atoms with Crippen LogP contribution in [0.5, 0.6) is 5.75 Å². The molecule has 0 radical (unpaired) electrons. The second kappa shape index (κ2) is 8.42. The molecule has 0 unspecified atom stereocenters. The minimum atomic E-state index is -3.90. The number of hydrogen-bond donors (Lipinski definition) is 3. The SMILES string of the molecule is O=S(=O)(O)SCCNCCCCc1ccc(O)cc1. The van der Waals surface area contributed by atoms with Gasteiger partial charge in [-0.25, -0.2) is 0 Å². The molecule has 0 aliphatic rings. The van der Waals surface area contributed by atoms with Gasteiger partial charge in [0.25, 0.3) is 0 Å². The van der Waals surface area contributed by atoms with Crippen LogP contribution in [0.15, 0.2) is 24.3 Å². The first-order valence-corrected chi connectivity index (χ1v) is 9.02. The molecule has 7 heteroatoms. The minimum Gasteiger partial charge on any atom is -0.508 e. The van der Waals surface area contributed by atoms with E-state index < -0.39 is 9.15 Å². The lowest BCUT2D eigenvalue weighted by atomic mass is 10.1. The monoisotopic (exact) mass is 305 g/mol. The highest BCUT2D eigenvalue weighted by molar-refractivity contribution is 8.69. The third-order valence-corrected chi connectivity index (χ3v) is 4.58. The molecule has 0 spiro atoms. The highest BCUT2D eigenvalue weighted by atomic mass is 33.1. The zero-order valence-corrected chi connectivity index (χ0v) is 12.2. The van der Waals surface area contributed by atoms with E-state index in [-0.39, 0.29) is 5.75 Å². The van der Waals surface area contributed by atoms with E-state index in [1.54, 1.807) is 12.1 Å². The van der Waals surface area contributed by atoms with Crippen LogP contribution in [0, 0.1) is 0 Å². The standard InChI is InChI=1S/C12H19NO4S2/c14-12-6-4-11(5-7-12)3-1-2-8-13-9-10-18-19(15,16)17/h4-7,13-14H,1-3,8-10H2,(H,15,16,17). The number of phenolic OH excluding ortho intramolecular Hbond substituents is 1. The first-order valence-electron chi connectivity index (χ1n) is 6.08. The molecule has 0 aliphatic heterocycles. The summed E-state index contributed by atoms with van der Waals surface area (Å²) in [5, 5.41) is 12.3. The van der Waals surface area contributed by atoms with Gasteiger partial charge in [-0.15, -0.1) is 0 Å². The fraction of sp³-hybridized carbons (Fsp3) is 0.500. The number of nitrogens with one attached hydrogen (secondary N) is 1. The Bertz CT molecular complexity index is 459. The molecule has 108 valence electrons. The quantitative estimate of drug-likeness (QED) is 0.367. The summed E-state index contributed by atoms with van der Waals surface area (Å²) < 4.78 is 29.3. The van der Waals surface area contributed by atoms with Gasteiger partial charge in [-0.2, -0.15) is 8.42 Å². The summed E-state index contributed by atoms with van der Waals surface area (Å²) >= 11 is 0. The van der Waals surface area contributed by atoms with Crippen LogP contribution >= 0.6 is 10.8 Å². The number of aromatic hydroxyl groups is 1. The van der Waals surface area contributed by atoms with Crippen LogP contribution in [0.1, 0.15) is 18.4 Å². The number of unbranched alkanes of at least 4 members (excludes halogenated alkanes) is 1. The summed E-state index contributed by atoms with van der Waals surface area (Å²) in [5.41, 5.74) is 1.19. The molecule has 0 amide bonds. The van der Waals surface area contributed by atoms with Gasteiger partial charge in [-0.05, 0) is 54.3 Å². The molecule has 0 aromatic heterocycles. The van der Waals surface area contributed by atoms with E-state index in [1.807, 2.05) is 12.1 Å². The second-order valence-corrected chi connectivity index (χ2v) is 7.59. The minimum absolute atomic E-state index is 0.279. The van der Waals surface area contributed by atoms with Crippen LogP contribution in [0.3, 0.4) is 0 Å². The number of benzene rings is 1. The maximum absolute atomic E-state index is 10.4. The third-order valence-electron chi connectivity index (χ3n) is 2.52. The summed E-state index contributed by atoms with van der Waals surface area (Å²) in [6.07, 6.45) is 2.99. The molecule has 3 N–H and O–H groups in total. The number of hydrogen-bond acceptors (Lipinski definition) is 5. The van der Waals surface area contributed by atoms with Gasteiger partial charge < -0.3 is 10.4 Å². The van der Waals surface area contributed by atoms with E-state index in [9.17, 15) is 8.42 Å². The van der Waals surface area contributed by atoms with Crippen molar-refractivity contribution in [2.75, 3.05) is 18.8 Å². The summed E-state index contributed by atoms with van der Waals surface area (Å²) in [6.45, 7) is 1.38. The highest BCUT2D eigenvalue weighted by Gasteiger charge is 2.03. The predicted octanol–water partition coefficient (Wildman–Crippen LogP) is 1.84. The topological polar surface area (TPSA) is 86.6 Å². The number of aryl methyl sites for hydroxylation is 1. The van der Waals surface area contributed by atoms with Crippen molar-refractivity contribution in [3.8, 4) is 5.75 Å². The molecule has 0 fully saturated rings. The fourth-order valence-electron chi connectivity index (χ4n) is 1.59. The van der Waals surface area contributed by atoms with Crippen LogP contribution in [0.2, 0.25) is 0 Å². The molecule has 1 aromatic rings. The molecule has 0 saturated heterocycles. The first-order chi connectivity index (χ1) is 8.97. The van der Waals surface area contributed by atoms with Crippen LogP contribution in [0.4, 0.5) is 0 Å². The van der Waals surface area contributed by atoms with Gasteiger partial charge in [0.05, 0.1) is 0 Å². The maximum atomic E-state index is 10.4. The van der Waals surface area contributed by atoms with Crippen LogP contribution in [0.25, 0.3) is 0 Å². The van der Waals surface area contributed by atoms with Crippen molar-refractivity contribution < 1.29 is 18.1 Å². The van der Waals surface area contributed by atoms with Gasteiger partial charge in [-0.3, -0.25) is 4.55 Å². The van der Waals surface area contributed by atoms with Crippen molar-refractivity contribution in [2.24, 2.45) is 0 Å². The molecular weight excluding hydrogens is 286 g/mol. The average Bonchev–Trinajstić information content (AvgIpc) is 2.33. The van der Waals surface area contributed by atoms with E-state index >= 15 is 0 Å². The van der Waals surface area contributed by atoms with E-state index in [1.165, 1.54) is 5.56 Å². The summed E-state index contributed by atoms with van der Waals surface area (Å²) in [7, 11) is -3.37. The zero-order valence-electron chi connectivity index (χ0n) is 10.6. The number of rotatable bonds is 9. The van der Waals surface area contributed by atoms with Crippen molar-refractivity contribution in [3.05, 3.63) is 29.8 Å². The summed E-state index contributed by atoms with van der Waals surface area (Å²) in [5.74, 6) is 0.623. The molecule has 1 aromatic carbocycles. The summed E-state index contributed by atoms with van der Waals surface area (Å²) in [6, 6.07) is 7.18. The molecule has 19 heavy (non-hydrogen) atoms. The normalized spacial score (nSPS) is 11.6. The van der Waals surface area contributed by atoms with Crippen LogP contribution in [-0.2, 0) is 15.6 Å². The van der Waals surface area contributed by atoms with Crippen LogP contribution < -0.4 is 5.32 Å². The first kappa shape index (κ1) is 16.3. The molecule has 0 heterocycles. The zero-order chi connectivity index (χ0) is 14.1. The Morgan fingerprint density at radius 1 is 1.11 bits per heavy atom. The highest BCUT2D eigenvalue weighted by Crippen LogP contribution is 2.11. The summed E-state index contributed by atoms with van der Waals surface area (Å²) in [4.78, 5) is 0. The molecule has 0 bridgehead atoms. The Labute approximate surface area is 117 Å². The lowest BCUT2D eigenvalue weighted by molar-refractivity contribution is 0.475. The van der Waals surface area contributed by atoms with Crippen molar-refractivity contribution in [3.63, 3.8) is 0 Å². The van der Waals surface area contributed by atoms with Crippen molar-refractivity contribution >= 4 is 19.9 Å². The van der Waals surface area contributed by atoms with Crippen molar-refractivity contribution in [2.45, 2.75) is 19.3 Å². The second-order valence-electron chi connectivity index (χ2n) is 4.12. The Morgan fingerprint density at radius 2 is 1.79 bits per heavy atom. The van der Waals surface area contributed by atoms with Gasteiger partial charge in [0, 0.05) is 12.3 Å². The van der Waals surface area contributed by atoms with Crippen LogP contribution in [-0.4, -0.2) is 36.9 Å². The molecule has 0 saturated carbocycles. The molecular formula is C12H19NO4S2. The van der Waals surface area contributed by atoms with Gasteiger partial charge in [0.15, 0.2) is 0 Å². The third kappa shape index (κ3) is 8.88. The lowest BCUT2D eigenvalue weighted by Gasteiger charge is -2.04. The largest absolute Gasteiger partial charge is 0.508 e. The Balaban J connectivity index is 1.98. The Hall–Kier alpha value is -0.760. The van der Waals surface area contributed by atoms with E-state index in [4.69, 9.17) is 9.66 Å². The average molecular weight is 305 g/mol. The van der Waals surface area contributed by atoms with Gasteiger partial charge in [-0.1, -0.05) is 12.1 Å². The molecule has 5 nitrogen and oxygen atoms in total. The smallest absolute Gasteiger partial charge is 0.319 e. The van der Waals surface area contributed by atoms with Gasteiger partial charge in [0.1, 0.15) is 5.75 Å².